The highest BCUT2D eigenvalue weighted by Gasteiger charge is 2.39. The van der Waals surface area contributed by atoms with E-state index < -0.39 is 11.9 Å². The third-order valence-electron chi connectivity index (χ3n) is 6.86. The first-order chi connectivity index (χ1) is 18.7. The van der Waals surface area contributed by atoms with Crippen LogP contribution in [-0.2, 0) is 32.4 Å². The van der Waals surface area contributed by atoms with Gasteiger partial charge in [0.15, 0.2) is 5.69 Å². The van der Waals surface area contributed by atoms with Gasteiger partial charge < -0.3 is 9.30 Å². The van der Waals surface area contributed by atoms with Crippen LogP contribution in [0.5, 0.6) is 5.75 Å². The topological polar surface area (TPSA) is 30.3 Å². The van der Waals surface area contributed by atoms with E-state index in [0.29, 0.717) is 31.0 Å². The summed E-state index contributed by atoms with van der Waals surface area (Å²) in [6, 6.07) is 23.1. The second-order valence-electron chi connectivity index (χ2n) is 9.99. The SMILES string of the molecule is CCCCn1c(-c2ccccc2)nc(C(F)(F)F)c1CN(Cc1ccccc1)Cc1cc(C)c(OC)c(C)c1. The molecule has 0 fully saturated rings. The standard InChI is InChI=1S/C32H36F3N3O/c1-5-6-17-38-28(30(32(33,34)35)36-31(38)27-15-11-8-12-16-27)22-37(20-25-13-9-7-10-14-25)21-26-18-23(2)29(39-4)24(3)19-26/h7-16,18-19H,5-6,17,20-22H2,1-4H3. The maximum absolute atomic E-state index is 14.5. The van der Waals surface area contributed by atoms with Gasteiger partial charge >= 0.3 is 6.18 Å². The molecular formula is C32H36F3N3O. The largest absolute Gasteiger partial charge is 0.496 e. The summed E-state index contributed by atoms with van der Waals surface area (Å²) in [5, 5.41) is 0. The molecule has 0 atom stereocenters. The summed E-state index contributed by atoms with van der Waals surface area (Å²) in [5.74, 6) is 1.19. The van der Waals surface area contributed by atoms with E-state index in [1.807, 2.05) is 81.4 Å². The van der Waals surface area contributed by atoms with Crippen LogP contribution in [0.3, 0.4) is 0 Å². The van der Waals surface area contributed by atoms with E-state index >= 15 is 0 Å². The zero-order valence-corrected chi connectivity index (χ0v) is 23.1. The fraction of sp³-hybridized carbons (Fsp3) is 0.344. The molecule has 1 heterocycles. The van der Waals surface area contributed by atoms with Crippen LogP contribution >= 0.6 is 0 Å². The summed E-state index contributed by atoms with van der Waals surface area (Å²) in [6.07, 6.45) is -2.94. The van der Waals surface area contributed by atoms with Gasteiger partial charge in [-0.25, -0.2) is 4.98 Å². The third kappa shape index (κ3) is 6.90. The fourth-order valence-electron chi connectivity index (χ4n) is 5.17. The molecule has 3 aromatic carbocycles. The molecule has 0 amide bonds. The van der Waals surface area contributed by atoms with Crippen LogP contribution in [0.25, 0.3) is 11.4 Å². The number of imidazole rings is 1. The van der Waals surface area contributed by atoms with E-state index in [4.69, 9.17) is 4.74 Å². The lowest BCUT2D eigenvalue weighted by Gasteiger charge is -2.25. The molecule has 4 aromatic rings. The van der Waals surface area contributed by atoms with Crippen LogP contribution in [0.1, 0.15) is 53.4 Å². The van der Waals surface area contributed by atoms with Crippen LogP contribution in [0.4, 0.5) is 13.2 Å². The lowest BCUT2D eigenvalue weighted by Crippen LogP contribution is -2.26. The third-order valence-corrected chi connectivity index (χ3v) is 6.86. The first-order valence-electron chi connectivity index (χ1n) is 13.3. The quantitative estimate of drug-likeness (QED) is 0.194. The van der Waals surface area contributed by atoms with E-state index in [1.54, 1.807) is 11.7 Å². The Bertz CT molecular complexity index is 1340. The van der Waals surface area contributed by atoms with Crippen molar-refractivity contribution in [3.63, 3.8) is 0 Å². The molecule has 0 bridgehead atoms. The van der Waals surface area contributed by atoms with E-state index in [0.717, 1.165) is 40.8 Å². The van der Waals surface area contributed by atoms with Gasteiger partial charge in [0, 0.05) is 31.7 Å². The lowest BCUT2D eigenvalue weighted by molar-refractivity contribution is -0.141. The van der Waals surface area contributed by atoms with E-state index in [2.05, 4.69) is 22.0 Å². The maximum atomic E-state index is 14.5. The zero-order chi connectivity index (χ0) is 28.0. The molecule has 0 aliphatic heterocycles. The molecule has 7 heteroatoms. The summed E-state index contributed by atoms with van der Waals surface area (Å²) < 4.78 is 50.7. The Kier molecular flexibility index (Phi) is 9.12. The first-order valence-corrected chi connectivity index (χ1v) is 13.3. The first kappa shape index (κ1) is 28.4. The number of unbranched alkanes of at least 4 members (excludes halogenated alkanes) is 1. The van der Waals surface area contributed by atoms with E-state index in [-0.39, 0.29) is 12.2 Å². The number of methoxy groups -OCH3 is 1. The summed E-state index contributed by atoms with van der Waals surface area (Å²) in [6.45, 7) is 7.59. The van der Waals surface area contributed by atoms with Crippen LogP contribution in [0.15, 0.2) is 72.8 Å². The molecule has 0 N–H and O–H groups in total. The minimum absolute atomic E-state index is 0.109. The normalized spacial score (nSPS) is 11.8. The Balaban J connectivity index is 1.80. The Morgan fingerprint density at radius 3 is 2.00 bits per heavy atom. The van der Waals surface area contributed by atoms with Crippen molar-refractivity contribution in [1.82, 2.24) is 14.5 Å². The van der Waals surface area contributed by atoms with Crippen LogP contribution in [0, 0.1) is 13.8 Å². The van der Waals surface area contributed by atoms with Crippen molar-refractivity contribution in [2.24, 2.45) is 0 Å². The Hall–Kier alpha value is -3.58. The number of rotatable bonds is 11. The van der Waals surface area contributed by atoms with Crippen molar-refractivity contribution in [1.29, 1.82) is 0 Å². The van der Waals surface area contributed by atoms with Crippen molar-refractivity contribution in [3.05, 3.63) is 106 Å². The van der Waals surface area contributed by atoms with Crippen molar-refractivity contribution >= 4 is 0 Å². The molecule has 4 nitrogen and oxygen atoms in total. The van der Waals surface area contributed by atoms with Gasteiger partial charge in [-0.1, -0.05) is 86.1 Å². The highest BCUT2D eigenvalue weighted by molar-refractivity contribution is 5.57. The lowest BCUT2D eigenvalue weighted by atomic mass is 10.0. The zero-order valence-electron chi connectivity index (χ0n) is 23.1. The molecule has 0 radical (unpaired) electrons. The number of nitrogens with zero attached hydrogens (tertiary/aromatic N) is 3. The molecule has 39 heavy (non-hydrogen) atoms. The molecule has 0 saturated heterocycles. The van der Waals surface area contributed by atoms with Gasteiger partial charge in [-0.15, -0.1) is 0 Å². The van der Waals surface area contributed by atoms with Gasteiger partial charge in [-0.3, -0.25) is 4.90 Å². The minimum Gasteiger partial charge on any atom is -0.496 e. The van der Waals surface area contributed by atoms with E-state index in [1.165, 1.54) is 0 Å². The van der Waals surface area contributed by atoms with E-state index in [9.17, 15) is 13.2 Å². The molecule has 206 valence electrons. The summed E-state index contributed by atoms with van der Waals surface area (Å²) >= 11 is 0. The number of alkyl halides is 3. The summed E-state index contributed by atoms with van der Waals surface area (Å²) in [7, 11) is 1.65. The van der Waals surface area contributed by atoms with Gasteiger partial charge in [-0.05, 0) is 42.5 Å². The van der Waals surface area contributed by atoms with Gasteiger partial charge in [0.25, 0.3) is 0 Å². The van der Waals surface area contributed by atoms with Crippen molar-refractivity contribution in [3.8, 4) is 17.1 Å². The summed E-state index contributed by atoms with van der Waals surface area (Å²) in [4.78, 5) is 6.29. The molecule has 0 aliphatic rings. The molecule has 0 unspecified atom stereocenters. The molecule has 1 aromatic heterocycles. The molecule has 0 aliphatic carbocycles. The van der Waals surface area contributed by atoms with Gasteiger partial charge in [0.1, 0.15) is 11.6 Å². The number of hydrogen-bond donors (Lipinski definition) is 0. The number of benzene rings is 3. The minimum atomic E-state index is -4.57. The predicted octanol–water partition coefficient (Wildman–Crippen LogP) is 8.20. The Morgan fingerprint density at radius 2 is 1.44 bits per heavy atom. The maximum Gasteiger partial charge on any atom is 0.435 e. The molecule has 0 spiro atoms. The summed E-state index contributed by atoms with van der Waals surface area (Å²) in [5.41, 5.74) is 4.14. The highest BCUT2D eigenvalue weighted by atomic mass is 19.4. The second kappa shape index (κ2) is 12.5. The molecular weight excluding hydrogens is 499 g/mol. The van der Waals surface area contributed by atoms with Gasteiger partial charge in [0.2, 0.25) is 0 Å². The monoisotopic (exact) mass is 535 g/mol. The van der Waals surface area contributed by atoms with Crippen LogP contribution < -0.4 is 4.74 Å². The second-order valence-corrected chi connectivity index (χ2v) is 9.99. The van der Waals surface area contributed by atoms with Gasteiger partial charge in [0.05, 0.1) is 12.8 Å². The highest BCUT2D eigenvalue weighted by Crippen LogP contribution is 2.36. The van der Waals surface area contributed by atoms with Gasteiger partial charge in [-0.2, -0.15) is 13.2 Å². The number of aryl methyl sites for hydroxylation is 2. The smallest absolute Gasteiger partial charge is 0.435 e. The average molecular weight is 536 g/mol. The number of halogens is 3. The molecule has 0 saturated carbocycles. The fourth-order valence-corrected chi connectivity index (χ4v) is 5.17. The number of ether oxygens (including phenoxy) is 1. The van der Waals surface area contributed by atoms with Crippen LogP contribution in [-0.4, -0.2) is 21.6 Å². The van der Waals surface area contributed by atoms with Crippen molar-refractivity contribution in [2.75, 3.05) is 7.11 Å². The van der Waals surface area contributed by atoms with Crippen molar-refractivity contribution < 1.29 is 17.9 Å². The van der Waals surface area contributed by atoms with Crippen LogP contribution in [0.2, 0.25) is 0 Å². The predicted molar refractivity (Wildman–Crippen MR) is 149 cm³/mol. The molecule has 4 rings (SSSR count). The average Bonchev–Trinajstić information content (AvgIpc) is 3.27. The Morgan fingerprint density at radius 1 is 0.846 bits per heavy atom. The number of hydrogen-bond acceptors (Lipinski definition) is 3. The van der Waals surface area contributed by atoms with Crippen molar-refractivity contribution in [2.45, 2.75) is 66.0 Å². The number of aromatic nitrogens is 2. The Labute approximate surface area is 229 Å².